The molecular formula is C35H50F2N2O7. The first kappa shape index (κ1) is 40.4. The van der Waals surface area contributed by atoms with Crippen molar-refractivity contribution in [3.63, 3.8) is 0 Å². The molecule has 3 rings (SSSR count). The fourth-order valence-corrected chi connectivity index (χ4v) is 4.92. The molecule has 0 radical (unpaired) electrons. The minimum atomic E-state index is -2.07. The van der Waals surface area contributed by atoms with Crippen molar-refractivity contribution in [2.45, 2.75) is 154 Å². The van der Waals surface area contributed by atoms with Crippen LogP contribution in [0.3, 0.4) is 0 Å². The second-order valence-corrected chi connectivity index (χ2v) is 11.3. The van der Waals surface area contributed by atoms with Gasteiger partial charge in [0.2, 0.25) is 17.2 Å². The van der Waals surface area contributed by atoms with Gasteiger partial charge in [0, 0.05) is 71.3 Å². The van der Waals surface area contributed by atoms with Crippen molar-refractivity contribution in [3.05, 3.63) is 0 Å². The summed E-state index contributed by atoms with van der Waals surface area (Å²) in [6.45, 7) is 4.00. The number of carbonyl (C=O) groups excluding carboxylic acids is 6. The van der Waals surface area contributed by atoms with E-state index >= 15 is 0 Å². The van der Waals surface area contributed by atoms with E-state index in [0.717, 1.165) is 32.1 Å². The van der Waals surface area contributed by atoms with Crippen LogP contribution in [0, 0.1) is 23.7 Å². The predicted molar refractivity (Wildman–Crippen MR) is 169 cm³/mol. The summed E-state index contributed by atoms with van der Waals surface area (Å²) in [5, 5.41) is 3.01. The highest BCUT2D eigenvalue weighted by atomic mass is 19.1. The monoisotopic (exact) mass is 648 g/mol. The molecular weight excluding hydrogens is 598 g/mol. The summed E-state index contributed by atoms with van der Waals surface area (Å²) in [7, 11) is 1.58. The summed E-state index contributed by atoms with van der Waals surface area (Å²) in [5.41, 5.74) is -4.03. The molecule has 1 heterocycles. The molecule has 1 fully saturated rings. The van der Waals surface area contributed by atoms with E-state index in [4.69, 9.17) is 4.84 Å². The third-order valence-electron chi connectivity index (χ3n) is 7.67. The molecule has 3 aliphatic rings. The second kappa shape index (κ2) is 22.0. The first-order valence-corrected chi connectivity index (χ1v) is 16.7. The molecule has 2 atom stereocenters. The summed E-state index contributed by atoms with van der Waals surface area (Å²) in [6.07, 6.45) is 9.08. The Morgan fingerprint density at radius 2 is 1.15 bits per heavy atom. The minimum absolute atomic E-state index is 0.0000351. The number of rotatable bonds is 13. The maximum atomic E-state index is 14.7. The van der Waals surface area contributed by atoms with Crippen LogP contribution < -0.4 is 5.32 Å². The number of nitrogens with one attached hydrogen (secondary N) is 1. The molecule has 1 N–H and O–H groups in total. The van der Waals surface area contributed by atoms with E-state index in [-0.39, 0.29) is 50.9 Å². The maximum absolute atomic E-state index is 14.7. The average molecular weight is 649 g/mol. The zero-order valence-electron chi connectivity index (χ0n) is 27.7. The summed E-state index contributed by atoms with van der Waals surface area (Å²) >= 11 is 0. The van der Waals surface area contributed by atoms with E-state index in [1.807, 2.05) is 13.8 Å². The number of nitrogens with zero attached hydrogens (tertiary/aromatic N) is 1. The van der Waals surface area contributed by atoms with Crippen molar-refractivity contribution in [2.75, 3.05) is 7.05 Å². The van der Waals surface area contributed by atoms with E-state index in [9.17, 15) is 37.5 Å². The molecule has 46 heavy (non-hydrogen) atoms. The van der Waals surface area contributed by atoms with Crippen molar-refractivity contribution in [2.24, 2.45) is 0 Å². The predicted octanol–water partition coefficient (Wildman–Crippen LogP) is 5.96. The van der Waals surface area contributed by atoms with Crippen LogP contribution in [0.1, 0.15) is 142 Å². The quantitative estimate of drug-likeness (QED) is 0.148. The highest BCUT2D eigenvalue weighted by Crippen LogP contribution is 2.26. The highest BCUT2D eigenvalue weighted by Gasteiger charge is 2.37. The molecule has 0 bridgehead atoms. The Bertz CT molecular complexity index is 1170. The average Bonchev–Trinajstić information content (AvgIpc) is 3.34. The number of alkyl halides is 2. The first-order chi connectivity index (χ1) is 22.0. The SMILES string of the molecule is CC.CNC(=O)CCCCC(=O)C1(F)C#CCCCCC1.O=C(CCCCC(=O)C1(F)C#CCCCCC1)ON1C(=O)CCC1=O. The van der Waals surface area contributed by atoms with E-state index < -0.39 is 40.7 Å². The van der Waals surface area contributed by atoms with Crippen LogP contribution in [0.15, 0.2) is 0 Å². The number of carbonyl (C=O) groups is 6. The summed E-state index contributed by atoms with van der Waals surface area (Å²) < 4.78 is 29.1. The van der Waals surface area contributed by atoms with Gasteiger partial charge in [0.25, 0.3) is 11.8 Å². The van der Waals surface area contributed by atoms with E-state index in [2.05, 4.69) is 29.0 Å². The van der Waals surface area contributed by atoms with Gasteiger partial charge in [-0.15, -0.1) is 5.06 Å². The van der Waals surface area contributed by atoms with Gasteiger partial charge in [0.05, 0.1) is 0 Å². The van der Waals surface area contributed by atoms with Crippen molar-refractivity contribution < 1.29 is 42.4 Å². The fourth-order valence-electron chi connectivity index (χ4n) is 4.92. The van der Waals surface area contributed by atoms with Gasteiger partial charge in [-0.05, 0) is 51.4 Å². The number of hydrogen-bond donors (Lipinski definition) is 1. The van der Waals surface area contributed by atoms with Crippen LogP contribution in [-0.2, 0) is 33.6 Å². The Balaban J connectivity index is 0.000000452. The van der Waals surface area contributed by atoms with Gasteiger partial charge < -0.3 is 10.2 Å². The largest absolute Gasteiger partial charge is 0.359 e. The number of Topliss-reactive ketones (excluding diaryl/α,β-unsaturated/α-hetero) is 2. The van der Waals surface area contributed by atoms with Crippen LogP contribution >= 0.6 is 0 Å². The Kier molecular flexibility index (Phi) is 19.3. The van der Waals surface area contributed by atoms with Crippen LogP contribution in [-0.4, -0.2) is 58.7 Å². The van der Waals surface area contributed by atoms with E-state index in [1.54, 1.807) is 7.05 Å². The Morgan fingerprint density at radius 3 is 1.61 bits per heavy atom. The van der Waals surface area contributed by atoms with Gasteiger partial charge in [-0.1, -0.05) is 50.4 Å². The highest BCUT2D eigenvalue weighted by molar-refractivity contribution is 6.01. The van der Waals surface area contributed by atoms with Crippen LogP contribution in [0.5, 0.6) is 0 Å². The molecule has 0 aromatic rings. The lowest BCUT2D eigenvalue weighted by Crippen LogP contribution is -2.33. The molecule has 0 aromatic carbocycles. The number of amides is 3. The maximum Gasteiger partial charge on any atom is 0.333 e. The lowest BCUT2D eigenvalue weighted by molar-refractivity contribution is -0.197. The molecule has 9 nitrogen and oxygen atoms in total. The Morgan fingerprint density at radius 1 is 0.717 bits per heavy atom. The van der Waals surface area contributed by atoms with Crippen LogP contribution in [0.4, 0.5) is 8.78 Å². The standard InChI is InChI=1S/C18H22FNO5.C15H22FNO2.C2H6/c19-18(12-6-2-1-3-7-13-18)14(21)8-4-5-9-17(24)25-20-15(22)10-11-16(20)23;1-17-14(19)10-6-5-9-13(18)15(16)11-7-3-2-4-8-12-15;1-2/h1-6,8-12H2;2-7,9-11H2,1H3,(H,17,19);1-2H3. The molecule has 256 valence electrons. The molecule has 0 aromatic heterocycles. The lowest BCUT2D eigenvalue weighted by Gasteiger charge is -2.19. The molecule has 1 saturated heterocycles. The van der Waals surface area contributed by atoms with E-state index in [1.165, 1.54) is 0 Å². The van der Waals surface area contributed by atoms with Crippen LogP contribution in [0.2, 0.25) is 0 Å². The van der Waals surface area contributed by atoms with Crippen molar-refractivity contribution in [1.29, 1.82) is 0 Å². The third-order valence-corrected chi connectivity index (χ3v) is 7.67. The number of hydrogen-bond acceptors (Lipinski definition) is 7. The zero-order valence-corrected chi connectivity index (χ0v) is 27.7. The number of unbranched alkanes of at least 4 members (excludes halogenated alkanes) is 2. The van der Waals surface area contributed by atoms with Crippen molar-refractivity contribution >= 4 is 35.3 Å². The third kappa shape index (κ3) is 14.7. The number of hydroxylamine groups is 2. The first-order valence-electron chi connectivity index (χ1n) is 16.7. The minimum Gasteiger partial charge on any atom is -0.359 e. The number of halogens is 2. The molecule has 2 unspecified atom stereocenters. The lowest BCUT2D eigenvalue weighted by atomic mass is 9.89. The normalized spacial score (nSPS) is 22.2. The molecule has 3 amide bonds. The molecule has 11 heteroatoms. The van der Waals surface area contributed by atoms with Gasteiger partial charge in [-0.2, -0.15) is 0 Å². The topological polar surface area (TPSA) is 127 Å². The Hall–Kier alpha value is -3.60. The van der Waals surface area contributed by atoms with E-state index in [0.29, 0.717) is 56.4 Å². The summed E-state index contributed by atoms with van der Waals surface area (Å²) in [6, 6.07) is 0. The number of imide groups is 1. The summed E-state index contributed by atoms with van der Waals surface area (Å²) in [4.78, 5) is 74.1. The molecule has 0 spiro atoms. The van der Waals surface area contributed by atoms with Gasteiger partial charge in [-0.25, -0.2) is 13.6 Å². The smallest absolute Gasteiger partial charge is 0.333 e. The molecule has 0 saturated carbocycles. The van der Waals surface area contributed by atoms with Crippen molar-refractivity contribution in [1.82, 2.24) is 10.4 Å². The zero-order chi connectivity index (χ0) is 34.4. The number of ketones is 2. The molecule has 2 aliphatic carbocycles. The van der Waals surface area contributed by atoms with Gasteiger partial charge >= 0.3 is 5.97 Å². The van der Waals surface area contributed by atoms with Gasteiger partial charge in [-0.3, -0.25) is 24.0 Å². The van der Waals surface area contributed by atoms with Gasteiger partial charge in [0.15, 0.2) is 11.6 Å². The van der Waals surface area contributed by atoms with Gasteiger partial charge in [0.1, 0.15) is 0 Å². The fraction of sp³-hybridized carbons (Fsp3) is 0.714. The molecule has 1 aliphatic heterocycles. The van der Waals surface area contributed by atoms with Crippen molar-refractivity contribution in [3.8, 4) is 23.7 Å². The Labute approximate surface area is 272 Å². The second-order valence-electron chi connectivity index (χ2n) is 11.3. The van der Waals surface area contributed by atoms with Crippen LogP contribution in [0.25, 0.3) is 0 Å². The summed E-state index contributed by atoms with van der Waals surface area (Å²) in [5.74, 6) is 7.69.